The molecule has 0 aliphatic carbocycles. The molecular weight excluding hydrogens is 430 g/mol. The van der Waals surface area contributed by atoms with Crippen molar-refractivity contribution in [1.29, 1.82) is 5.26 Å². The number of thioether (sulfide) groups is 1. The van der Waals surface area contributed by atoms with Crippen molar-refractivity contribution in [3.8, 4) is 29.1 Å². The zero-order valence-electron chi connectivity index (χ0n) is 16.2. The number of anilines is 1. The Morgan fingerprint density at radius 2 is 1.90 bits per heavy atom. The second kappa shape index (κ2) is 8.98. The second-order valence-electron chi connectivity index (χ2n) is 5.85. The van der Waals surface area contributed by atoms with E-state index in [0.29, 0.717) is 31.8 Å². The number of hydrogen-bond donors (Lipinski definition) is 3. The van der Waals surface area contributed by atoms with E-state index in [1.807, 2.05) is 6.07 Å². The van der Waals surface area contributed by atoms with E-state index in [1.165, 1.54) is 21.3 Å². The van der Waals surface area contributed by atoms with Crippen molar-refractivity contribution in [2.24, 2.45) is 0 Å². The number of nitriles is 1. The largest absolute Gasteiger partial charge is 0.506 e. The van der Waals surface area contributed by atoms with Crippen LogP contribution in [-0.4, -0.2) is 43.1 Å². The second-order valence-corrected chi connectivity index (χ2v) is 8.11. The highest BCUT2D eigenvalue weighted by Gasteiger charge is 2.18. The molecule has 9 nitrogen and oxygen atoms in total. The Morgan fingerprint density at radius 3 is 2.47 bits per heavy atom. The molecule has 0 unspecified atom stereocenters. The Balaban J connectivity index is 1.79. The van der Waals surface area contributed by atoms with Gasteiger partial charge in [-0.1, -0.05) is 0 Å². The number of amides is 1. The number of aromatic hydroxyl groups is 1. The molecule has 0 atom stereocenters. The topological polar surface area (TPSA) is 134 Å². The molecule has 0 saturated carbocycles. The lowest BCUT2D eigenvalue weighted by Gasteiger charge is -2.14. The minimum atomic E-state index is -0.508. The molecule has 0 aliphatic rings. The number of thiophene rings is 1. The number of ether oxygens (including phenoxy) is 3. The van der Waals surface area contributed by atoms with E-state index in [1.54, 1.807) is 12.1 Å². The van der Waals surface area contributed by atoms with Gasteiger partial charge in [-0.3, -0.25) is 9.59 Å². The van der Waals surface area contributed by atoms with Crippen LogP contribution in [0.25, 0.3) is 10.2 Å². The molecule has 2 aromatic heterocycles. The fraction of sp³-hybridized carbons (Fsp3) is 0.211. The molecule has 0 radical (unpaired) electrons. The van der Waals surface area contributed by atoms with Gasteiger partial charge in [0.15, 0.2) is 11.5 Å². The van der Waals surface area contributed by atoms with Gasteiger partial charge in [0.25, 0.3) is 5.56 Å². The number of pyridine rings is 1. The molecule has 0 bridgehead atoms. The van der Waals surface area contributed by atoms with E-state index in [2.05, 4.69) is 10.3 Å². The molecule has 1 amide bonds. The molecule has 0 saturated heterocycles. The zero-order chi connectivity index (χ0) is 21.8. The summed E-state index contributed by atoms with van der Waals surface area (Å²) in [6.07, 6.45) is 0. The number of nitrogens with one attached hydrogen (secondary N) is 2. The van der Waals surface area contributed by atoms with Crippen molar-refractivity contribution in [1.82, 2.24) is 4.98 Å². The molecule has 0 aliphatic heterocycles. The summed E-state index contributed by atoms with van der Waals surface area (Å²) >= 11 is 2.26. The number of H-pyrrole nitrogens is 1. The monoisotopic (exact) mass is 447 g/mol. The van der Waals surface area contributed by atoms with Crippen molar-refractivity contribution in [3.63, 3.8) is 0 Å². The third-order valence-corrected chi connectivity index (χ3v) is 6.50. The quantitative estimate of drug-likeness (QED) is 0.471. The lowest BCUT2D eigenvalue weighted by molar-refractivity contribution is -0.113. The number of nitrogens with zero attached hydrogens (tertiary/aromatic N) is 1. The summed E-state index contributed by atoms with van der Waals surface area (Å²) in [7, 11) is 4.44. The van der Waals surface area contributed by atoms with Crippen LogP contribution in [0.15, 0.2) is 27.2 Å². The van der Waals surface area contributed by atoms with Gasteiger partial charge in [-0.25, -0.2) is 0 Å². The zero-order valence-corrected chi connectivity index (χ0v) is 17.8. The van der Waals surface area contributed by atoms with Gasteiger partial charge in [-0.05, 0) is 0 Å². The highest BCUT2D eigenvalue weighted by molar-refractivity contribution is 8.02. The average Bonchev–Trinajstić information content (AvgIpc) is 3.09. The van der Waals surface area contributed by atoms with Crippen LogP contribution in [0.1, 0.15) is 5.56 Å². The number of carbonyl (C=O) groups excluding carboxylic acids is 1. The first kappa shape index (κ1) is 21.4. The number of aromatic nitrogens is 1. The van der Waals surface area contributed by atoms with Crippen molar-refractivity contribution in [3.05, 3.63) is 34.1 Å². The highest BCUT2D eigenvalue weighted by Crippen LogP contribution is 2.41. The van der Waals surface area contributed by atoms with Crippen LogP contribution in [0.3, 0.4) is 0 Å². The first-order valence-electron chi connectivity index (χ1n) is 8.43. The Bertz CT molecular complexity index is 1190. The fourth-order valence-corrected chi connectivity index (χ4v) is 4.89. The predicted molar refractivity (Wildman–Crippen MR) is 114 cm³/mol. The lowest BCUT2D eigenvalue weighted by atomic mass is 10.2. The number of rotatable bonds is 7. The number of fused-ring (bicyclic) bond motifs is 1. The number of hydrogen-bond acceptors (Lipinski definition) is 9. The highest BCUT2D eigenvalue weighted by atomic mass is 32.2. The smallest absolute Gasteiger partial charge is 0.252 e. The van der Waals surface area contributed by atoms with Gasteiger partial charge in [0.05, 0.1) is 41.5 Å². The lowest BCUT2D eigenvalue weighted by Crippen LogP contribution is -2.14. The van der Waals surface area contributed by atoms with Crippen LogP contribution >= 0.6 is 23.1 Å². The van der Waals surface area contributed by atoms with E-state index in [9.17, 15) is 20.0 Å². The molecule has 11 heteroatoms. The SMILES string of the molecule is COc1cc(NC(=O)CSc2sc3c(O)cc(=O)[nH]c3c2C#N)cc(OC)c1OC. The van der Waals surface area contributed by atoms with E-state index in [0.717, 1.165) is 29.2 Å². The van der Waals surface area contributed by atoms with Crippen molar-refractivity contribution >= 4 is 44.9 Å². The van der Waals surface area contributed by atoms with E-state index < -0.39 is 5.56 Å². The number of benzene rings is 1. The third kappa shape index (κ3) is 4.14. The third-order valence-electron chi connectivity index (χ3n) is 4.02. The van der Waals surface area contributed by atoms with Gasteiger partial charge in [0.2, 0.25) is 11.7 Å². The van der Waals surface area contributed by atoms with Crippen molar-refractivity contribution in [2.45, 2.75) is 4.21 Å². The van der Waals surface area contributed by atoms with E-state index >= 15 is 0 Å². The summed E-state index contributed by atoms with van der Waals surface area (Å²) in [5.41, 5.74) is 0.425. The molecule has 3 N–H and O–H groups in total. The molecule has 3 rings (SSSR count). The van der Waals surface area contributed by atoms with Crippen LogP contribution in [0.4, 0.5) is 5.69 Å². The summed E-state index contributed by atoms with van der Waals surface area (Å²) in [4.78, 5) is 26.6. The fourth-order valence-electron chi connectivity index (χ4n) is 2.74. The van der Waals surface area contributed by atoms with Crippen LogP contribution < -0.4 is 25.1 Å². The minimum absolute atomic E-state index is 0.00313. The van der Waals surface area contributed by atoms with Crippen LogP contribution in [0.5, 0.6) is 23.0 Å². The minimum Gasteiger partial charge on any atom is -0.506 e. The molecule has 0 fully saturated rings. The van der Waals surface area contributed by atoms with E-state index in [4.69, 9.17) is 14.2 Å². The number of aromatic amines is 1. The van der Waals surface area contributed by atoms with Gasteiger partial charge >= 0.3 is 0 Å². The molecule has 30 heavy (non-hydrogen) atoms. The van der Waals surface area contributed by atoms with Gasteiger partial charge < -0.3 is 29.6 Å². The van der Waals surface area contributed by atoms with Gasteiger partial charge in [-0.2, -0.15) is 5.26 Å². The van der Waals surface area contributed by atoms with Crippen LogP contribution in [-0.2, 0) is 4.79 Å². The Kier molecular flexibility index (Phi) is 6.39. The maximum atomic E-state index is 12.4. The first-order chi connectivity index (χ1) is 14.4. The summed E-state index contributed by atoms with van der Waals surface area (Å²) in [5.74, 6) is 0.678. The molecule has 2 heterocycles. The van der Waals surface area contributed by atoms with Crippen LogP contribution in [0.2, 0.25) is 0 Å². The van der Waals surface area contributed by atoms with Crippen molar-refractivity contribution in [2.75, 3.05) is 32.4 Å². The standard InChI is InChI=1S/C19H17N3O6S2/c1-26-12-4-9(5-13(27-2)17(12)28-3)21-15(25)8-29-19-10(7-20)16-18(30-19)11(23)6-14(24)22-16/h4-6H,8H2,1-3H3,(H,21,25)(H2,22,23,24). The maximum absolute atomic E-state index is 12.4. The van der Waals surface area contributed by atoms with Gasteiger partial charge in [0, 0.05) is 23.9 Å². The number of carbonyl (C=O) groups is 1. The molecule has 0 spiro atoms. The van der Waals surface area contributed by atoms with Crippen molar-refractivity contribution < 1.29 is 24.1 Å². The Morgan fingerprint density at radius 1 is 1.23 bits per heavy atom. The molecule has 156 valence electrons. The average molecular weight is 447 g/mol. The summed E-state index contributed by atoms with van der Waals surface area (Å²) in [5, 5.41) is 22.2. The molecule has 3 aromatic rings. The van der Waals surface area contributed by atoms with Crippen LogP contribution in [0, 0.1) is 11.3 Å². The normalized spacial score (nSPS) is 10.5. The Labute approximate surface area is 179 Å². The van der Waals surface area contributed by atoms with Gasteiger partial charge in [0.1, 0.15) is 17.4 Å². The Hall–Kier alpha value is -3.36. The van der Waals surface area contributed by atoms with Gasteiger partial charge in [-0.15, -0.1) is 23.1 Å². The predicted octanol–water partition coefficient (Wildman–Crippen LogP) is 2.92. The maximum Gasteiger partial charge on any atom is 0.252 e. The first-order valence-corrected chi connectivity index (χ1v) is 10.2. The summed E-state index contributed by atoms with van der Waals surface area (Å²) < 4.78 is 16.7. The molecule has 1 aromatic carbocycles. The molecular formula is C19H17N3O6S2. The summed E-state index contributed by atoms with van der Waals surface area (Å²) in [6.45, 7) is 0. The summed E-state index contributed by atoms with van der Waals surface area (Å²) in [6, 6.07) is 6.27. The number of methoxy groups -OCH3 is 3. The van der Waals surface area contributed by atoms with E-state index in [-0.39, 0.29) is 28.5 Å².